The molecular formula is C12H16O8S. The van der Waals surface area contributed by atoms with E-state index in [1.807, 2.05) is 0 Å². The van der Waals surface area contributed by atoms with Crippen LogP contribution >= 0.6 is 0 Å². The number of carbonyl (C=O) groups excluding carboxylic acids is 1. The van der Waals surface area contributed by atoms with Crippen molar-refractivity contribution in [2.45, 2.75) is 13.3 Å². The Hall–Kier alpha value is -1.97. The van der Waals surface area contributed by atoms with E-state index in [-0.39, 0.29) is 13.0 Å². The van der Waals surface area contributed by atoms with Crippen LogP contribution in [0.2, 0.25) is 0 Å². The molecule has 8 nitrogen and oxygen atoms in total. The lowest BCUT2D eigenvalue weighted by Gasteiger charge is -2.04. The molecular weight excluding hydrogens is 304 g/mol. The summed E-state index contributed by atoms with van der Waals surface area (Å²) in [4.78, 5) is 21.1. The topological polar surface area (TPSA) is 127 Å². The molecule has 0 aromatic heterocycles. The number of hydrogen-bond donors (Lipinski definition) is 2. The van der Waals surface area contributed by atoms with Crippen molar-refractivity contribution in [1.82, 2.24) is 0 Å². The third-order valence-corrected chi connectivity index (χ3v) is 2.62. The van der Waals surface area contributed by atoms with E-state index < -0.39 is 16.4 Å². The van der Waals surface area contributed by atoms with Gasteiger partial charge >= 0.3 is 16.4 Å². The number of carbonyl (C=O) groups is 2. The summed E-state index contributed by atoms with van der Waals surface area (Å²) in [7, 11) is -2.69. The first-order valence-electron chi connectivity index (χ1n) is 5.69. The zero-order valence-electron chi connectivity index (χ0n) is 11.5. The Bertz CT molecular complexity index is 579. The van der Waals surface area contributed by atoms with Gasteiger partial charge in [-0.15, -0.1) is 0 Å². The number of aliphatic carboxylic acids is 1. The molecule has 0 spiro atoms. The van der Waals surface area contributed by atoms with E-state index in [1.165, 1.54) is 14.0 Å². The number of hydrogen-bond acceptors (Lipinski definition) is 6. The fourth-order valence-electron chi connectivity index (χ4n) is 1.29. The first kappa shape index (κ1) is 19.0. The van der Waals surface area contributed by atoms with Crippen molar-refractivity contribution in [3.05, 3.63) is 29.3 Å². The predicted molar refractivity (Wildman–Crippen MR) is 72.9 cm³/mol. The molecule has 0 fully saturated rings. The molecule has 21 heavy (non-hydrogen) atoms. The lowest BCUT2D eigenvalue weighted by atomic mass is 10.1. The van der Waals surface area contributed by atoms with Gasteiger partial charge in [0.15, 0.2) is 0 Å². The summed E-state index contributed by atoms with van der Waals surface area (Å²) in [5.74, 6) is -0.423. The smallest absolute Gasteiger partial charge is 0.397 e. The Labute approximate surface area is 122 Å². The van der Waals surface area contributed by atoms with Crippen LogP contribution in [0.15, 0.2) is 18.2 Å². The second-order valence-corrected chi connectivity index (χ2v) is 4.68. The van der Waals surface area contributed by atoms with E-state index in [4.69, 9.17) is 14.4 Å². The van der Waals surface area contributed by atoms with Crippen LogP contribution in [-0.2, 0) is 25.8 Å². The van der Waals surface area contributed by atoms with E-state index in [9.17, 15) is 18.0 Å². The maximum absolute atomic E-state index is 10.6. The van der Waals surface area contributed by atoms with Gasteiger partial charge in [0, 0.05) is 5.56 Å². The second kappa shape index (κ2) is 9.06. The van der Waals surface area contributed by atoms with Crippen LogP contribution in [0.4, 0.5) is 0 Å². The highest BCUT2D eigenvalue weighted by Crippen LogP contribution is 2.16. The molecule has 0 heterocycles. The van der Waals surface area contributed by atoms with Gasteiger partial charge in [0.1, 0.15) is 12.0 Å². The first-order chi connectivity index (χ1) is 9.73. The van der Waals surface area contributed by atoms with Crippen LogP contribution in [0.5, 0.6) is 5.75 Å². The van der Waals surface area contributed by atoms with Gasteiger partial charge in [-0.1, -0.05) is 0 Å². The van der Waals surface area contributed by atoms with E-state index in [0.29, 0.717) is 23.2 Å². The molecule has 0 aliphatic heterocycles. The van der Waals surface area contributed by atoms with Gasteiger partial charge in [-0.2, -0.15) is 8.42 Å². The number of ether oxygens (including phenoxy) is 1. The summed E-state index contributed by atoms with van der Waals surface area (Å²) in [5, 5.41) is 8.59. The summed E-state index contributed by atoms with van der Waals surface area (Å²) in [6.07, 6.45) is 0.461. The lowest BCUT2D eigenvalue weighted by Crippen LogP contribution is -2.03. The van der Waals surface area contributed by atoms with E-state index in [1.54, 1.807) is 18.2 Å². The molecule has 118 valence electrons. The van der Waals surface area contributed by atoms with Crippen LogP contribution in [0.25, 0.3) is 0 Å². The van der Waals surface area contributed by atoms with Crippen LogP contribution in [-0.4, -0.2) is 44.0 Å². The summed E-state index contributed by atoms with van der Waals surface area (Å²) in [6.45, 7) is 1.44. The zero-order valence-corrected chi connectivity index (χ0v) is 12.3. The zero-order chi connectivity index (χ0) is 16.5. The highest BCUT2D eigenvalue weighted by molar-refractivity contribution is 7.80. The number of carboxylic acids is 1. The highest BCUT2D eigenvalue weighted by Gasteiger charge is 2.07. The van der Waals surface area contributed by atoms with Gasteiger partial charge in [0.05, 0.1) is 20.1 Å². The van der Waals surface area contributed by atoms with E-state index in [2.05, 4.69) is 4.18 Å². The molecule has 0 radical (unpaired) electrons. The number of rotatable bonds is 6. The van der Waals surface area contributed by atoms with Crippen LogP contribution in [0.3, 0.4) is 0 Å². The third kappa shape index (κ3) is 8.74. The molecule has 0 aliphatic carbocycles. The van der Waals surface area contributed by atoms with Crippen LogP contribution in [0, 0.1) is 0 Å². The number of methoxy groups -OCH3 is 1. The van der Waals surface area contributed by atoms with Crippen LogP contribution in [0.1, 0.15) is 22.8 Å². The van der Waals surface area contributed by atoms with Gasteiger partial charge in [-0.3, -0.25) is 14.1 Å². The summed E-state index contributed by atoms with van der Waals surface area (Å²) in [6, 6.07) is 4.72. The number of aldehydes is 1. The molecule has 0 saturated heterocycles. The van der Waals surface area contributed by atoms with Crippen LogP contribution < -0.4 is 4.74 Å². The van der Waals surface area contributed by atoms with Gasteiger partial charge in [-0.25, -0.2) is 4.18 Å². The quantitative estimate of drug-likeness (QED) is 0.586. The first-order valence-corrected chi connectivity index (χ1v) is 7.05. The molecule has 1 aromatic carbocycles. The molecule has 0 unspecified atom stereocenters. The lowest BCUT2D eigenvalue weighted by molar-refractivity contribution is -0.136. The Balaban J connectivity index is 0.000000486. The molecule has 0 aliphatic rings. The minimum Gasteiger partial charge on any atom is -0.497 e. The largest absolute Gasteiger partial charge is 0.497 e. The predicted octanol–water partition coefficient (Wildman–Crippen LogP) is 0.960. The monoisotopic (exact) mass is 320 g/mol. The minimum absolute atomic E-state index is 0.0289. The highest BCUT2D eigenvalue weighted by atomic mass is 32.3. The van der Waals surface area contributed by atoms with E-state index in [0.717, 1.165) is 0 Å². The Morgan fingerprint density at radius 3 is 2.33 bits per heavy atom. The Morgan fingerprint density at radius 1 is 1.38 bits per heavy atom. The molecule has 0 bridgehead atoms. The normalized spacial score (nSPS) is 10.2. The minimum atomic E-state index is -4.17. The summed E-state index contributed by atoms with van der Waals surface area (Å²) in [5.41, 5.74) is 0.847. The Morgan fingerprint density at radius 2 is 2.00 bits per heavy atom. The number of benzene rings is 1. The van der Waals surface area contributed by atoms with Gasteiger partial charge in [0.25, 0.3) is 0 Å². The molecule has 0 saturated carbocycles. The van der Waals surface area contributed by atoms with Crippen molar-refractivity contribution in [3.8, 4) is 5.75 Å². The van der Waals surface area contributed by atoms with Gasteiger partial charge in [-0.05, 0) is 30.7 Å². The average Bonchev–Trinajstić information content (AvgIpc) is 2.37. The molecule has 1 aromatic rings. The van der Waals surface area contributed by atoms with Crippen molar-refractivity contribution in [2.75, 3.05) is 13.7 Å². The molecule has 9 heteroatoms. The SMILES string of the molecule is CCOS(=O)(=O)O.COc1ccc(C=O)c(CC(=O)O)c1. The van der Waals surface area contributed by atoms with Gasteiger partial charge < -0.3 is 9.84 Å². The second-order valence-electron chi connectivity index (χ2n) is 3.59. The van der Waals surface area contributed by atoms with E-state index >= 15 is 0 Å². The summed E-state index contributed by atoms with van der Waals surface area (Å²) >= 11 is 0. The fourth-order valence-corrected chi connectivity index (χ4v) is 1.59. The summed E-state index contributed by atoms with van der Waals surface area (Å²) < 4.78 is 35.6. The van der Waals surface area contributed by atoms with Crippen molar-refractivity contribution >= 4 is 22.7 Å². The van der Waals surface area contributed by atoms with Crippen molar-refractivity contribution in [2.24, 2.45) is 0 Å². The maximum Gasteiger partial charge on any atom is 0.397 e. The maximum atomic E-state index is 10.6. The molecule has 2 N–H and O–H groups in total. The van der Waals surface area contributed by atoms with Crippen molar-refractivity contribution in [1.29, 1.82) is 0 Å². The van der Waals surface area contributed by atoms with Crippen molar-refractivity contribution < 1.29 is 36.6 Å². The molecule has 0 atom stereocenters. The standard InChI is InChI=1S/C10H10O4.C2H6O4S/c1-14-9-3-2-7(6-11)8(4-9)5-10(12)13;1-2-6-7(3,4)5/h2-4,6H,5H2,1H3,(H,12,13);2H2,1H3,(H,3,4,5). The van der Waals surface area contributed by atoms with Gasteiger partial charge in [0.2, 0.25) is 0 Å². The molecule has 0 amide bonds. The fraction of sp³-hybridized carbons (Fsp3) is 0.333. The average molecular weight is 320 g/mol. The van der Waals surface area contributed by atoms with Crippen molar-refractivity contribution in [3.63, 3.8) is 0 Å². The number of carboxylic acid groups (broad SMARTS) is 1. The Kier molecular flexibility index (Phi) is 8.21. The third-order valence-electron chi connectivity index (χ3n) is 2.09. The molecule has 1 rings (SSSR count).